The fraction of sp³-hybridized carbons (Fsp3) is 0.200. The van der Waals surface area contributed by atoms with E-state index in [1.807, 2.05) is 0 Å². The number of thioether (sulfide) groups is 1. The number of carbonyl (C=O) groups is 1. The van der Waals surface area contributed by atoms with E-state index in [-0.39, 0.29) is 27.5 Å². The van der Waals surface area contributed by atoms with Gasteiger partial charge in [-0.05, 0) is 29.5 Å². The molecular formula is C10H5ClF3NO2S. The summed E-state index contributed by atoms with van der Waals surface area (Å²) in [4.78, 5) is 10.4. The Bertz CT molecular complexity index is 525. The van der Waals surface area contributed by atoms with Crippen molar-refractivity contribution in [3.63, 3.8) is 0 Å². The van der Waals surface area contributed by atoms with Crippen LogP contribution in [0.3, 0.4) is 0 Å². The summed E-state index contributed by atoms with van der Waals surface area (Å²) < 4.78 is 37.0. The van der Waals surface area contributed by atoms with Crippen LogP contribution in [0.15, 0.2) is 17.0 Å². The average Bonchev–Trinajstić information content (AvgIpc) is 2.26. The largest absolute Gasteiger partial charge is 0.478 e. The SMILES string of the molecule is N#Cc1cc(C(=O)O)cc(CCl)c1SC(F)(F)F. The fourth-order valence-electron chi connectivity index (χ4n) is 1.23. The first-order valence-corrected chi connectivity index (χ1v) is 5.75. The van der Waals surface area contributed by atoms with Gasteiger partial charge in [0.1, 0.15) is 6.07 Å². The molecule has 0 unspecified atom stereocenters. The molecule has 0 spiro atoms. The number of halogens is 4. The monoisotopic (exact) mass is 295 g/mol. The molecule has 0 saturated heterocycles. The Labute approximate surface area is 109 Å². The summed E-state index contributed by atoms with van der Waals surface area (Å²) in [5.41, 5.74) is -5.23. The predicted octanol–water partition coefficient (Wildman–Crippen LogP) is 3.61. The van der Waals surface area contributed by atoms with Crippen molar-refractivity contribution >= 4 is 29.3 Å². The normalized spacial score (nSPS) is 11.1. The maximum atomic E-state index is 12.3. The van der Waals surface area contributed by atoms with Gasteiger partial charge in [-0.25, -0.2) is 4.79 Å². The number of hydrogen-bond donors (Lipinski definition) is 1. The lowest BCUT2D eigenvalue weighted by atomic mass is 10.1. The highest BCUT2D eigenvalue weighted by molar-refractivity contribution is 8.00. The van der Waals surface area contributed by atoms with E-state index in [9.17, 15) is 18.0 Å². The molecule has 0 aliphatic rings. The zero-order chi connectivity index (χ0) is 13.9. The highest BCUT2D eigenvalue weighted by Gasteiger charge is 2.32. The van der Waals surface area contributed by atoms with Crippen LogP contribution in [-0.4, -0.2) is 16.6 Å². The van der Waals surface area contributed by atoms with Gasteiger partial charge in [-0.15, -0.1) is 11.6 Å². The Hall–Kier alpha value is -1.39. The molecule has 0 amide bonds. The predicted molar refractivity (Wildman–Crippen MR) is 59.6 cm³/mol. The van der Waals surface area contributed by atoms with Crippen molar-refractivity contribution < 1.29 is 23.1 Å². The van der Waals surface area contributed by atoms with E-state index in [0.29, 0.717) is 0 Å². The number of nitriles is 1. The lowest BCUT2D eigenvalue weighted by molar-refractivity contribution is -0.0328. The molecule has 18 heavy (non-hydrogen) atoms. The number of benzene rings is 1. The number of alkyl halides is 4. The van der Waals surface area contributed by atoms with Crippen LogP contribution in [0.4, 0.5) is 13.2 Å². The summed E-state index contributed by atoms with van der Waals surface area (Å²) in [6.07, 6.45) is 0. The van der Waals surface area contributed by atoms with Gasteiger partial charge in [0.15, 0.2) is 0 Å². The minimum Gasteiger partial charge on any atom is -0.478 e. The Morgan fingerprint density at radius 2 is 2.11 bits per heavy atom. The minimum absolute atomic E-state index is 0.0320. The van der Waals surface area contributed by atoms with Gasteiger partial charge < -0.3 is 5.11 Å². The first-order chi connectivity index (χ1) is 8.28. The van der Waals surface area contributed by atoms with Crippen molar-refractivity contribution in [3.8, 4) is 6.07 Å². The first-order valence-electron chi connectivity index (χ1n) is 4.40. The van der Waals surface area contributed by atoms with Crippen LogP contribution in [0.5, 0.6) is 0 Å². The molecule has 8 heteroatoms. The van der Waals surface area contributed by atoms with E-state index in [0.717, 1.165) is 12.1 Å². The number of rotatable bonds is 3. The van der Waals surface area contributed by atoms with E-state index in [1.165, 1.54) is 0 Å². The quantitative estimate of drug-likeness (QED) is 0.683. The molecule has 1 aromatic carbocycles. The van der Waals surface area contributed by atoms with Crippen molar-refractivity contribution in [2.24, 2.45) is 0 Å². The van der Waals surface area contributed by atoms with E-state index >= 15 is 0 Å². The van der Waals surface area contributed by atoms with E-state index in [2.05, 4.69) is 0 Å². The molecule has 1 N–H and O–H groups in total. The zero-order valence-corrected chi connectivity index (χ0v) is 10.2. The lowest BCUT2D eigenvalue weighted by Crippen LogP contribution is -2.05. The van der Waals surface area contributed by atoms with Crippen LogP contribution >= 0.6 is 23.4 Å². The number of aromatic carboxylic acids is 1. The van der Waals surface area contributed by atoms with Crippen LogP contribution < -0.4 is 0 Å². The Kier molecular flexibility index (Phi) is 4.48. The van der Waals surface area contributed by atoms with Gasteiger partial charge in [-0.1, -0.05) is 0 Å². The van der Waals surface area contributed by atoms with Crippen molar-refractivity contribution in [1.82, 2.24) is 0 Å². The zero-order valence-electron chi connectivity index (χ0n) is 8.58. The molecule has 0 aliphatic carbocycles. The molecule has 0 atom stereocenters. The molecule has 3 nitrogen and oxygen atoms in total. The first kappa shape index (κ1) is 14.7. The lowest BCUT2D eigenvalue weighted by Gasteiger charge is -2.12. The van der Waals surface area contributed by atoms with E-state index < -0.39 is 23.2 Å². The summed E-state index contributed by atoms with van der Waals surface area (Å²) in [6.45, 7) is 0. The minimum atomic E-state index is -4.57. The molecule has 0 fully saturated rings. The number of carboxylic acid groups (broad SMARTS) is 1. The van der Waals surface area contributed by atoms with Gasteiger partial charge in [0.25, 0.3) is 0 Å². The van der Waals surface area contributed by atoms with E-state index in [1.54, 1.807) is 6.07 Å². The van der Waals surface area contributed by atoms with Gasteiger partial charge in [0, 0.05) is 10.8 Å². The third-order valence-corrected chi connectivity index (χ3v) is 3.10. The highest BCUT2D eigenvalue weighted by atomic mass is 35.5. The summed E-state index contributed by atoms with van der Waals surface area (Å²) in [6, 6.07) is 3.47. The second-order valence-electron chi connectivity index (χ2n) is 3.11. The molecule has 0 bridgehead atoms. The molecule has 96 valence electrons. The molecule has 0 aromatic heterocycles. The van der Waals surface area contributed by atoms with Crippen molar-refractivity contribution in [2.75, 3.05) is 0 Å². The van der Waals surface area contributed by atoms with E-state index in [4.69, 9.17) is 22.0 Å². The Balaban J connectivity index is 3.41. The van der Waals surface area contributed by atoms with Crippen molar-refractivity contribution in [1.29, 1.82) is 5.26 Å². The smallest absolute Gasteiger partial charge is 0.446 e. The van der Waals surface area contributed by atoms with Crippen LogP contribution in [0.2, 0.25) is 0 Å². The van der Waals surface area contributed by atoms with Crippen LogP contribution in [-0.2, 0) is 5.88 Å². The maximum absolute atomic E-state index is 12.3. The summed E-state index contributed by atoms with van der Waals surface area (Å²) in [7, 11) is 0. The maximum Gasteiger partial charge on any atom is 0.446 e. The fourth-order valence-corrected chi connectivity index (χ4v) is 2.23. The Morgan fingerprint density at radius 3 is 2.50 bits per heavy atom. The second kappa shape index (κ2) is 5.50. The molecule has 0 saturated carbocycles. The molecule has 1 aromatic rings. The number of nitrogens with zero attached hydrogens (tertiary/aromatic N) is 1. The third-order valence-electron chi connectivity index (χ3n) is 1.90. The van der Waals surface area contributed by atoms with Crippen molar-refractivity contribution in [2.45, 2.75) is 16.3 Å². The molecular weight excluding hydrogens is 291 g/mol. The number of hydrogen-bond acceptors (Lipinski definition) is 3. The topological polar surface area (TPSA) is 61.1 Å². The van der Waals surface area contributed by atoms with Crippen LogP contribution in [0.25, 0.3) is 0 Å². The standard InChI is InChI=1S/C10H5ClF3NO2S/c11-3-6-1-5(9(16)17)2-7(4-15)8(6)18-10(12,13)14/h1-2H,3H2,(H,16,17). The van der Waals surface area contributed by atoms with Gasteiger partial charge >= 0.3 is 11.5 Å². The average molecular weight is 296 g/mol. The van der Waals surface area contributed by atoms with Crippen molar-refractivity contribution in [3.05, 3.63) is 28.8 Å². The van der Waals surface area contributed by atoms with Gasteiger partial charge in [0.2, 0.25) is 0 Å². The number of carboxylic acids is 1. The molecule has 0 radical (unpaired) electrons. The van der Waals surface area contributed by atoms with Gasteiger partial charge in [0.05, 0.1) is 11.1 Å². The highest BCUT2D eigenvalue weighted by Crippen LogP contribution is 2.41. The summed E-state index contributed by atoms with van der Waals surface area (Å²) >= 11 is 5.01. The van der Waals surface area contributed by atoms with Crippen LogP contribution in [0.1, 0.15) is 21.5 Å². The van der Waals surface area contributed by atoms with Gasteiger partial charge in [-0.3, -0.25) is 0 Å². The second-order valence-corrected chi connectivity index (χ2v) is 4.45. The molecule has 0 heterocycles. The van der Waals surface area contributed by atoms with Gasteiger partial charge in [-0.2, -0.15) is 18.4 Å². The summed E-state index contributed by atoms with van der Waals surface area (Å²) in [5, 5.41) is 17.5. The molecule has 0 aliphatic heterocycles. The Morgan fingerprint density at radius 1 is 1.50 bits per heavy atom. The summed E-state index contributed by atoms with van der Waals surface area (Å²) in [5.74, 6) is -1.64. The van der Waals surface area contributed by atoms with Crippen LogP contribution in [0, 0.1) is 11.3 Å². The molecule has 1 rings (SSSR count). The third kappa shape index (κ3) is 3.55.